The van der Waals surface area contributed by atoms with E-state index in [0.717, 1.165) is 71.5 Å². The van der Waals surface area contributed by atoms with Crippen LogP contribution in [0, 0.1) is 0 Å². The Hall–Kier alpha value is -13.0. The number of hydrogen-bond donors (Lipinski definition) is 0. The van der Waals surface area contributed by atoms with E-state index in [1.807, 2.05) is 146 Å². The molecule has 15 aromatic carbocycles. The van der Waals surface area contributed by atoms with E-state index >= 15 is 0 Å². The fourth-order valence-electron chi connectivity index (χ4n) is 17.2. The minimum atomic E-state index is -0.849. The van der Waals surface area contributed by atoms with E-state index in [1.165, 1.54) is 4.57 Å². The van der Waals surface area contributed by atoms with Gasteiger partial charge < -0.3 is 32.3 Å². The molecule has 7 heterocycles. The second-order valence-electron chi connectivity index (χ2n) is 30.0. The van der Waals surface area contributed by atoms with Crippen LogP contribution in [0.2, 0.25) is 0 Å². The standard InChI is InChI=1S/C98H70BN5O2/c1-97(2,3)61-41-49-82-74(53-61)75-54-62(98(4,5)6)42-50-83(75)101(82)64-44-48-77-85(56-64)104(96-67(60-27-11-8-12-28-60)46-52-91-93(96)73-34-18-24-40-89(73)106-91)87-58-65(102-80-37-21-15-31-70(80)71-32-16-22-38-81(71)102)57-86-94(87)99(77)76-47-43-63(100-78-35-19-13-29-68(78)69-30-14-20-36-79(69)100)55-84(76)103(86)95-66(59-25-9-7-10-26-59)45-51-90-92(95)72-33-17-23-39-88(72)105-90/h7-58H,1-6H3/i13D,14D,15D,16D,19D,20D,21D,22D,29D,30D,31D,32D,35D,36D,37D,38D. The first kappa shape index (κ1) is 46.5. The average Bonchev–Trinajstić information content (AvgIpc) is 1.02. The van der Waals surface area contributed by atoms with Gasteiger partial charge >= 0.3 is 0 Å². The zero-order valence-corrected chi connectivity index (χ0v) is 58.4. The van der Waals surface area contributed by atoms with Crippen molar-refractivity contribution in [3.63, 3.8) is 0 Å². The van der Waals surface area contributed by atoms with Gasteiger partial charge in [-0.15, -0.1) is 0 Å². The van der Waals surface area contributed by atoms with Gasteiger partial charge in [0.05, 0.1) is 82.9 Å². The second kappa shape index (κ2) is 22.2. The van der Waals surface area contributed by atoms with Gasteiger partial charge in [-0.25, -0.2) is 0 Å². The van der Waals surface area contributed by atoms with Crippen molar-refractivity contribution in [1.29, 1.82) is 0 Å². The Kier molecular flexibility index (Phi) is 9.77. The molecule has 0 fully saturated rings. The maximum absolute atomic E-state index is 10.2. The van der Waals surface area contributed by atoms with Gasteiger partial charge in [0.25, 0.3) is 6.71 Å². The number of anilines is 6. The normalized spacial score (nSPS) is 15.2. The van der Waals surface area contributed by atoms with E-state index in [9.17, 15) is 19.2 Å². The Morgan fingerprint density at radius 3 is 1.08 bits per heavy atom. The predicted molar refractivity (Wildman–Crippen MR) is 446 cm³/mol. The number of para-hydroxylation sites is 6. The molecule has 0 spiro atoms. The third-order valence-corrected chi connectivity index (χ3v) is 22.0. The van der Waals surface area contributed by atoms with E-state index in [2.05, 4.69) is 129 Å². The summed E-state index contributed by atoms with van der Waals surface area (Å²) in [6.07, 6.45) is 0. The Labute approximate surface area is 635 Å². The lowest BCUT2D eigenvalue weighted by atomic mass is 9.33. The van der Waals surface area contributed by atoms with Gasteiger partial charge in [0.15, 0.2) is 0 Å². The van der Waals surface area contributed by atoms with Gasteiger partial charge in [0.2, 0.25) is 0 Å². The van der Waals surface area contributed by atoms with Crippen LogP contribution in [0.15, 0.2) is 324 Å². The summed E-state index contributed by atoms with van der Waals surface area (Å²) in [5.74, 6) is 0. The third-order valence-electron chi connectivity index (χ3n) is 22.0. The van der Waals surface area contributed by atoms with Crippen molar-refractivity contribution < 1.29 is 30.8 Å². The van der Waals surface area contributed by atoms with Crippen molar-refractivity contribution in [3.8, 4) is 39.3 Å². The van der Waals surface area contributed by atoms with Crippen molar-refractivity contribution in [2.45, 2.75) is 52.4 Å². The SMILES string of the molecule is [2H]c1c([2H])c([2H])c2c(c1[2H])c1c([2H])c([2H])c([2H])c([2H])c1n2-c1ccc2c(c1)N(c1c(-c3ccccc3)ccc3oc4ccccc4c13)c1cc(-n3c4c([2H])c([2H])c([2H])c([2H])c4c4c([2H])c([2H])c([2H])c([2H])c43)cc3c1B2c1ccc(-n2c4ccc(C(C)(C)C)cc4c4cc(C(C)(C)C)ccc42)cc1N3c1c(-c2ccccc2)ccc2oc3ccccc3c12. The van der Waals surface area contributed by atoms with E-state index in [0.29, 0.717) is 83.7 Å². The van der Waals surface area contributed by atoms with Crippen LogP contribution in [-0.4, -0.2) is 20.4 Å². The van der Waals surface area contributed by atoms with Crippen LogP contribution in [0.4, 0.5) is 34.1 Å². The molecule has 0 saturated heterocycles. The van der Waals surface area contributed by atoms with Gasteiger partial charge in [0, 0.05) is 88.3 Å². The van der Waals surface area contributed by atoms with Crippen molar-refractivity contribution in [1.82, 2.24) is 13.7 Å². The summed E-state index contributed by atoms with van der Waals surface area (Å²) in [6, 6.07) is 64.4. The molecule has 22 rings (SSSR count). The lowest BCUT2D eigenvalue weighted by molar-refractivity contribution is 0.590. The summed E-state index contributed by atoms with van der Waals surface area (Å²) in [7, 11) is 0. The van der Waals surface area contributed by atoms with Crippen LogP contribution in [0.5, 0.6) is 0 Å². The molecule has 0 aliphatic carbocycles. The molecule has 2 aliphatic rings. The monoisotopic (exact) mass is 1380 g/mol. The lowest BCUT2D eigenvalue weighted by Gasteiger charge is -2.45. The maximum atomic E-state index is 10.2. The van der Waals surface area contributed by atoms with Crippen LogP contribution in [-0.2, 0) is 10.8 Å². The van der Waals surface area contributed by atoms with E-state index < -0.39 is 103 Å². The third kappa shape index (κ3) is 8.70. The van der Waals surface area contributed by atoms with Crippen LogP contribution in [0.1, 0.15) is 74.6 Å². The number of rotatable bonds is 7. The molecule has 0 atom stereocenters. The molecule has 502 valence electrons. The zero-order valence-electron chi connectivity index (χ0n) is 74.4. The topological polar surface area (TPSA) is 47.6 Å². The average molecular weight is 1380 g/mol. The quantitative estimate of drug-likeness (QED) is 0.149. The molecule has 0 N–H and O–H groups in total. The Morgan fingerprint density at radius 2 is 0.670 bits per heavy atom. The van der Waals surface area contributed by atoms with Crippen molar-refractivity contribution in [2.75, 3.05) is 9.80 Å². The molecule has 8 heteroatoms. The minimum absolute atomic E-state index is 0.102. The van der Waals surface area contributed by atoms with Crippen molar-refractivity contribution >= 4 is 167 Å². The molecule has 0 unspecified atom stereocenters. The first-order valence-corrected chi connectivity index (χ1v) is 35.7. The molecule has 106 heavy (non-hydrogen) atoms. The van der Waals surface area contributed by atoms with Crippen LogP contribution < -0.4 is 26.2 Å². The highest BCUT2D eigenvalue weighted by atomic mass is 16.3. The molecule has 5 aromatic heterocycles. The summed E-state index contributed by atoms with van der Waals surface area (Å²) in [5.41, 5.74) is 15.2. The van der Waals surface area contributed by atoms with Gasteiger partial charge in [-0.1, -0.05) is 235 Å². The Balaban J connectivity index is 0.986. The summed E-state index contributed by atoms with van der Waals surface area (Å²) < 4.78 is 174. The highest BCUT2D eigenvalue weighted by Crippen LogP contribution is 2.56. The number of furan rings is 2. The van der Waals surface area contributed by atoms with Gasteiger partial charge in [-0.3, -0.25) is 0 Å². The molecule has 20 aromatic rings. The van der Waals surface area contributed by atoms with Crippen LogP contribution in [0.25, 0.3) is 149 Å². The molecule has 7 nitrogen and oxygen atoms in total. The Bertz CT molecular complexity index is 7930. The molecular weight excluding hydrogens is 1290 g/mol. The number of benzene rings is 15. The van der Waals surface area contributed by atoms with Gasteiger partial charge in [0.1, 0.15) is 22.3 Å². The smallest absolute Gasteiger partial charge is 0.252 e. The van der Waals surface area contributed by atoms with Crippen LogP contribution >= 0.6 is 0 Å². The first-order valence-electron chi connectivity index (χ1n) is 43.7. The van der Waals surface area contributed by atoms with E-state index in [1.54, 1.807) is 4.57 Å². The highest BCUT2D eigenvalue weighted by Gasteiger charge is 2.46. The molecule has 0 radical (unpaired) electrons. The van der Waals surface area contributed by atoms with E-state index in [-0.39, 0.29) is 65.8 Å². The van der Waals surface area contributed by atoms with E-state index in [4.69, 9.17) is 11.6 Å². The fraction of sp³-hybridized carbons (Fsp3) is 0.0816. The minimum Gasteiger partial charge on any atom is -0.456 e. The fourth-order valence-corrected chi connectivity index (χ4v) is 17.2. The molecular formula is C98H70BN5O2. The number of fused-ring (bicyclic) bond motifs is 19. The highest BCUT2D eigenvalue weighted by molar-refractivity contribution is 7.00. The molecule has 2 aliphatic heterocycles. The lowest BCUT2D eigenvalue weighted by Crippen LogP contribution is -2.61. The van der Waals surface area contributed by atoms with Gasteiger partial charge in [-0.05, 0) is 171 Å². The molecule has 0 bridgehead atoms. The molecule has 0 amide bonds. The second-order valence-corrected chi connectivity index (χ2v) is 30.0. The number of hydrogen-bond acceptors (Lipinski definition) is 4. The predicted octanol–water partition coefficient (Wildman–Crippen LogP) is 24.8. The summed E-state index contributed by atoms with van der Waals surface area (Å²) in [4.78, 5) is 4.43. The maximum Gasteiger partial charge on any atom is 0.252 e. The number of aromatic nitrogens is 3. The summed E-state index contributed by atoms with van der Waals surface area (Å²) in [5, 5.41) is 4.47. The van der Waals surface area contributed by atoms with Gasteiger partial charge in [-0.2, -0.15) is 0 Å². The van der Waals surface area contributed by atoms with Crippen LogP contribution in [0.3, 0.4) is 0 Å². The van der Waals surface area contributed by atoms with Crippen molar-refractivity contribution in [2.24, 2.45) is 0 Å². The van der Waals surface area contributed by atoms with Crippen molar-refractivity contribution in [3.05, 3.63) is 326 Å². The largest absolute Gasteiger partial charge is 0.456 e. The zero-order chi connectivity index (χ0) is 84.5. The molecule has 0 saturated carbocycles. The Morgan fingerprint density at radius 1 is 0.302 bits per heavy atom. The summed E-state index contributed by atoms with van der Waals surface area (Å²) in [6.45, 7) is 12.5. The first-order chi connectivity index (χ1) is 58.5. The number of nitrogens with zero attached hydrogens (tertiary/aromatic N) is 5. The summed E-state index contributed by atoms with van der Waals surface area (Å²) >= 11 is 0.